The van der Waals surface area contributed by atoms with E-state index in [1.807, 2.05) is 0 Å². The van der Waals surface area contributed by atoms with Crippen molar-refractivity contribution in [2.45, 2.75) is 25.1 Å². The lowest BCUT2D eigenvalue weighted by Crippen LogP contribution is -2.45. The highest BCUT2D eigenvalue weighted by atomic mass is 19.4. The van der Waals surface area contributed by atoms with Gasteiger partial charge in [0, 0.05) is 24.7 Å². The van der Waals surface area contributed by atoms with Crippen LogP contribution in [-0.4, -0.2) is 29.9 Å². The zero-order valence-corrected chi connectivity index (χ0v) is 10.6. The van der Waals surface area contributed by atoms with Crippen LogP contribution in [0.2, 0.25) is 0 Å². The van der Waals surface area contributed by atoms with Crippen LogP contribution in [0.1, 0.15) is 28.8 Å². The first-order valence-electron chi connectivity index (χ1n) is 6.20. The molecule has 20 heavy (non-hydrogen) atoms. The predicted molar refractivity (Wildman–Crippen MR) is 64.5 cm³/mol. The first-order valence-corrected chi connectivity index (χ1v) is 6.20. The summed E-state index contributed by atoms with van der Waals surface area (Å²) in [5.74, 6) is -1.94. The second-order valence-corrected chi connectivity index (χ2v) is 4.85. The summed E-state index contributed by atoms with van der Waals surface area (Å²) in [6.45, 7) is 0.753. The lowest BCUT2D eigenvalue weighted by molar-refractivity contribution is -0.140. The summed E-state index contributed by atoms with van der Waals surface area (Å²) in [4.78, 5) is 13.5. The molecule has 1 heterocycles. The fourth-order valence-electron chi connectivity index (χ4n) is 2.25. The molecule has 2 N–H and O–H groups in total. The Labute approximate surface area is 113 Å². The first-order chi connectivity index (χ1) is 9.29. The van der Waals surface area contributed by atoms with Crippen molar-refractivity contribution in [3.63, 3.8) is 0 Å². The number of hydrogen-bond acceptors (Lipinski definition) is 2. The van der Waals surface area contributed by atoms with Crippen LogP contribution in [-0.2, 0) is 6.18 Å². The van der Waals surface area contributed by atoms with Crippen molar-refractivity contribution in [3.05, 3.63) is 35.1 Å². The van der Waals surface area contributed by atoms with Gasteiger partial charge in [-0.2, -0.15) is 13.2 Å². The molecule has 1 saturated heterocycles. The van der Waals surface area contributed by atoms with Crippen LogP contribution >= 0.6 is 0 Å². The Hall–Kier alpha value is -1.63. The molecule has 0 saturated carbocycles. The molecule has 1 aliphatic heterocycles. The fraction of sp³-hybridized carbons (Fsp3) is 0.462. The van der Waals surface area contributed by atoms with E-state index in [1.165, 1.54) is 4.90 Å². The molecule has 1 amide bonds. The van der Waals surface area contributed by atoms with Crippen LogP contribution < -0.4 is 5.73 Å². The molecule has 0 radical (unpaired) electrons. The number of carbonyl (C=O) groups excluding carboxylic acids is 1. The Kier molecular flexibility index (Phi) is 3.99. The number of halogens is 4. The van der Waals surface area contributed by atoms with Crippen LogP contribution in [0.3, 0.4) is 0 Å². The van der Waals surface area contributed by atoms with Gasteiger partial charge in [-0.25, -0.2) is 4.39 Å². The number of benzene rings is 1. The van der Waals surface area contributed by atoms with Crippen LogP contribution in [0.15, 0.2) is 18.2 Å². The van der Waals surface area contributed by atoms with Gasteiger partial charge >= 0.3 is 6.18 Å². The molecule has 0 spiro atoms. The van der Waals surface area contributed by atoms with Gasteiger partial charge in [0.2, 0.25) is 0 Å². The Balaban J connectivity index is 2.26. The highest BCUT2D eigenvalue weighted by Gasteiger charge is 2.35. The average molecular weight is 290 g/mol. The number of alkyl halides is 3. The SMILES string of the molecule is N[C@@H]1CCCN(C(=O)c2ccc(F)c(C(F)(F)F)c2)C1. The molecular formula is C13H14F4N2O. The van der Waals surface area contributed by atoms with E-state index in [0.717, 1.165) is 12.5 Å². The van der Waals surface area contributed by atoms with Crippen LogP contribution in [0, 0.1) is 5.82 Å². The van der Waals surface area contributed by atoms with Crippen molar-refractivity contribution in [2.24, 2.45) is 5.73 Å². The minimum atomic E-state index is -4.82. The quantitative estimate of drug-likeness (QED) is 0.807. The van der Waals surface area contributed by atoms with Crippen LogP contribution in [0.4, 0.5) is 17.6 Å². The number of piperidine rings is 1. The van der Waals surface area contributed by atoms with E-state index in [0.29, 0.717) is 31.6 Å². The average Bonchev–Trinajstić information content (AvgIpc) is 2.37. The highest BCUT2D eigenvalue weighted by Crippen LogP contribution is 2.32. The van der Waals surface area contributed by atoms with Crippen LogP contribution in [0.25, 0.3) is 0 Å². The van der Waals surface area contributed by atoms with Gasteiger partial charge in [0.25, 0.3) is 5.91 Å². The molecule has 0 aliphatic carbocycles. The van der Waals surface area contributed by atoms with E-state index in [-0.39, 0.29) is 11.6 Å². The minimum absolute atomic E-state index is 0.171. The molecule has 0 aromatic heterocycles. The third-order valence-corrected chi connectivity index (χ3v) is 3.26. The maximum Gasteiger partial charge on any atom is 0.419 e. The Morgan fingerprint density at radius 3 is 2.65 bits per heavy atom. The summed E-state index contributed by atoms with van der Waals surface area (Å²) in [5, 5.41) is 0. The van der Waals surface area contributed by atoms with Gasteiger partial charge in [0.05, 0.1) is 5.56 Å². The normalized spacial score (nSPS) is 20.1. The molecule has 1 aromatic rings. The molecule has 2 rings (SSSR count). The Morgan fingerprint density at radius 1 is 1.35 bits per heavy atom. The molecule has 110 valence electrons. The summed E-state index contributed by atoms with van der Waals surface area (Å²) in [6.07, 6.45) is -3.33. The van der Waals surface area contributed by atoms with E-state index in [4.69, 9.17) is 5.73 Å². The van der Waals surface area contributed by atoms with Gasteiger partial charge < -0.3 is 10.6 Å². The molecule has 3 nitrogen and oxygen atoms in total. The lowest BCUT2D eigenvalue weighted by atomic mass is 10.0. The molecule has 1 aromatic carbocycles. The van der Waals surface area contributed by atoms with E-state index in [2.05, 4.69) is 0 Å². The first kappa shape index (κ1) is 14.8. The second-order valence-electron chi connectivity index (χ2n) is 4.85. The fourth-order valence-corrected chi connectivity index (χ4v) is 2.25. The number of hydrogen-bond donors (Lipinski definition) is 1. The van der Waals surface area contributed by atoms with Gasteiger partial charge in [0.1, 0.15) is 5.82 Å². The van der Waals surface area contributed by atoms with Gasteiger partial charge in [-0.3, -0.25) is 4.79 Å². The molecule has 1 fully saturated rings. The number of carbonyl (C=O) groups is 1. The lowest BCUT2D eigenvalue weighted by Gasteiger charge is -2.31. The number of nitrogens with zero attached hydrogens (tertiary/aromatic N) is 1. The van der Waals surface area contributed by atoms with Crippen LogP contribution in [0.5, 0.6) is 0 Å². The van der Waals surface area contributed by atoms with Crippen molar-refractivity contribution in [1.29, 1.82) is 0 Å². The molecule has 7 heteroatoms. The monoisotopic (exact) mass is 290 g/mol. The van der Waals surface area contributed by atoms with Crippen molar-refractivity contribution < 1.29 is 22.4 Å². The molecule has 0 bridgehead atoms. The number of rotatable bonds is 1. The van der Waals surface area contributed by atoms with Crippen molar-refractivity contribution in [3.8, 4) is 0 Å². The van der Waals surface area contributed by atoms with Crippen molar-refractivity contribution >= 4 is 5.91 Å². The second kappa shape index (κ2) is 5.40. The van der Waals surface area contributed by atoms with Crippen molar-refractivity contribution in [1.82, 2.24) is 4.90 Å². The third kappa shape index (κ3) is 3.09. The highest BCUT2D eigenvalue weighted by molar-refractivity contribution is 5.94. The van der Waals surface area contributed by atoms with Gasteiger partial charge in [0.15, 0.2) is 0 Å². The summed E-state index contributed by atoms with van der Waals surface area (Å²) in [5.41, 5.74) is 4.13. The zero-order chi connectivity index (χ0) is 14.9. The molecular weight excluding hydrogens is 276 g/mol. The zero-order valence-electron chi connectivity index (χ0n) is 10.6. The summed E-state index contributed by atoms with van der Waals surface area (Å²) in [7, 11) is 0. The van der Waals surface area contributed by atoms with E-state index in [9.17, 15) is 22.4 Å². The Bertz CT molecular complexity index is 516. The number of nitrogens with two attached hydrogens (primary N) is 1. The maximum absolute atomic E-state index is 13.2. The summed E-state index contributed by atoms with van der Waals surface area (Å²) in [6, 6.07) is 2.11. The Morgan fingerprint density at radius 2 is 2.05 bits per heavy atom. The number of amides is 1. The summed E-state index contributed by atoms with van der Waals surface area (Å²) < 4.78 is 51.0. The topological polar surface area (TPSA) is 46.3 Å². The number of likely N-dealkylation sites (tertiary alicyclic amines) is 1. The van der Waals surface area contributed by atoms with Gasteiger partial charge in [-0.15, -0.1) is 0 Å². The predicted octanol–water partition coefficient (Wildman–Crippen LogP) is 2.41. The standard InChI is InChI=1S/C13H14F4N2O/c14-11-4-3-8(6-10(11)13(15,16)17)12(20)19-5-1-2-9(18)7-19/h3-4,6,9H,1-2,5,7,18H2/t9-/m1/s1. The van der Waals surface area contributed by atoms with E-state index in [1.54, 1.807) is 0 Å². The maximum atomic E-state index is 13.2. The van der Waals surface area contributed by atoms with E-state index < -0.39 is 23.5 Å². The van der Waals surface area contributed by atoms with Gasteiger partial charge in [-0.1, -0.05) is 0 Å². The largest absolute Gasteiger partial charge is 0.419 e. The molecule has 0 unspecified atom stereocenters. The summed E-state index contributed by atoms with van der Waals surface area (Å²) >= 11 is 0. The minimum Gasteiger partial charge on any atom is -0.337 e. The third-order valence-electron chi connectivity index (χ3n) is 3.26. The smallest absolute Gasteiger partial charge is 0.337 e. The van der Waals surface area contributed by atoms with Crippen molar-refractivity contribution in [2.75, 3.05) is 13.1 Å². The molecule has 1 aliphatic rings. The van der Waals surface area contributed by atoms with E-state index >= 15 is 0 Å². The van der Waals surface area contributed by atoms with Gasteiger partial charge in [-0.05, 0) is 31.0 Å². The molecule has 1 atom stereocenters.